The average Bonchev–Trinajstić information content (AvgIpc) is 2.66. The van der Waals surface area contributed by atoms with Crippen LogP contribution in [0.5, 0.6) is 11.5 Å². The van der Waals surface area contributed by atoms with Crippen molar-refractivity contribution in [3.63, 3.8) is 0 Å². The van der Waals surface area contributed by atoms with E-state index in [-0.39, 0.29) is 17.3 Å². The smallest absolute Gasteiger partial charge is 0.271 e. The summed E-state index contributed by atoms with van der Waals surface area (Å²) in [6.07, 6.45) is 0. The van der Waals surface area contributed by atoms with Crippen molar-refractivity contribution in [1.29, 1.82) is 0 Å². The topological polar surface area (TPSA) is 93.9 Å². The number of likely N-dealkylation sites (N-methyl/N-ethyl adjacent to an activating group) is 1. The third-order valence-electron chi connectivity index (χ3n) is 4.85. The molecular formula is C21H27N3O5. The van der Waals surface area contributed by atoms with Crippen LogP contribution >= 0.6 is 0 Å². The molecule has 0 bridgehead atoms. The number of carbonyl (C=O) groups excluding carboxylic acids is 1. The summed E-state index contributed by atoms with van der Waals surface area (Å²) in [5.74, 6) is 0.938. The maximum Gasteiger partial charge on any atom is 0.271 e. The monoisotopic (exact) mass is 401 g/mol. The number of nitro benzene ring substituents is 1. The Kier molecular flexibility index (Phi) is 7.17. The predicted molar refractivity (Wildman–Crippen MR) is 112 cm³/mol. The van der Waals surface area contributed by atoms with E-state index in [9.17, 15) is 14.9 Å². The van der Waals surface area contributed by atoms with Crippen molar-refractivity contribution >= 4 is 17.3 Å². The molecule has 1 unspecified atom stereocenters. The molecule has 0 aromatic heterocycles. The standard InChI is InChI=1S/C21H27N3O5/c1-13-9-16(10-14(2)20(13)29-6)12-23(4)15(3)21(25)22-18-11-17(24(26)27)7-8-19(18)28-5/h7-11,15H,12H2,1-6H3,(H,22,25). The highest BCUT2D eigenvalue weighted by atomic mass is 16.6. The van der Waals surface area contributed by atoms with Crippen LogP contribution < -0.4 is 14.8 Å². The van der Waals surface area contributed by atoms with Crippen LogP contribution in [0.2, 0.25) is 0 Å². The summed E-state index contributed by atoms with van der Waals surface area (Å²) in [5.41, 5.74) is 3.29. The maximum absolute atomic E-state index is 12.7. The van der Waals surface area contributed by atoms with E-state index in [4.69, 9.17) is 9.47 Å². The molecule has 0 saturated heterocycles. The fourth-order valence-corrected chi connectivity index (χ4v) is 3.22. The molecule has 2 aromatic rings. The van der Waals surface area contributed by atoms with Gasteiger partial charge in [-0.15, -0.1) is 0 Å². The molecule has 0 aliphatic rings. The van der Waals surface area contributed by atoms with Gasteiger partial charge in [-0.05, 0) is 50.6 Å². The van der Waals surface area contributed by atoms with Gasteiger partial charge in [0, 0.05) is 18.7 Å². The molecule has 0 heterocycles. The van der Waals surface area contributed by atoms with Crippen LogP contribution in [0.4, 0.5) is 11.4 Å². The largest absolute Gasteiger partial charge is 0.496 e. The van der Waals surface area contributed by atoms with Crippen molar-refractivity contribution in [2.24, 2.45) is 0 Å². The number of ether oxygens (including phenoxy) is 2. The molecule has 8 heteroatoms. The van der Waals surface area contributed by atoms with E-state index in [0.29, 0.717) is 12.3 Å². The normalized spacial score (nSPS) is 11.8. The van der Waals surface area contributed by atoms with Gasteiger partial charge < -0.3 is 14.8 Å². The van der Waals surface area contributed by atoms with Crippen molar-refractivity contribution in [2.45, 2.75) is 33.4 Å². The lowest BCUT2D eigenvalue weighted by Gasteiger charge is -2.25. The highest BCUT2D eigenvalue weighted by Crippen LogP contribution is 2.29. The van der Waals surface area contributed by atoms with Crippen molar-refractivity contribution in [1.82, 2.24) is 4.90 Å². The number of carbonyl (C=O) groups is 1. The molecule has 0 spiro atoms. The third kappa shape index (κ3) is 5.23. The van der Waals surface area contributed by atoms with E-state index in [0.717, 1.165) is 22.4 Å². The fraction of sp³-hybridized carbons (Fsp3) is 0.381. The van der Waals surface area contributed by atoms with E-state index in [1.165, 1.54) is 25.3 Å². The van der Waals surface area contributed by atoms with Gasteiger partial charge in [0.2, 0.25) is 5.91 Å². The molecule has 2 rings (SSSR count). The molecular weight excluding hydrogens is 374 g/mol. The van der Waals surface area contributed by atoms with Crippen LogP contribution in [-0.2, 0) is 11.3 Å². The predicted octanol–water partition coefficient (Wildman–Crippen LogP) is 3.69. The van der Waals surface area contributed by atoms with E-state index < -0.39 is 11.0 Å². The summed E-state index contributed by atoms with van der Waals surface area (Å²) < 4.78 is 10.6. The number of benzene rings is 2. The van der Waals surface area contributed by atoms with Crippen molar-refractivity contribution < 1.29 is 19.2 Å². The fourth-order valence-electron chi connectivity index (χ4n) is 3.22. The Hall–Kier alpha value is -3.13. The lowest BCUT2D eigenvalue weighted by molar-refractivity contribution is -0.384. The van der Waals surface area contributed by atoms with Gasteiger partial charge in [0.25, 0.3) is 5.69 Å². The second kappa shape index (κ2) is 9.38. The number of nitrogens with zero attached hydrogens (tertiary/aromatic N) is 2. The van der Waals surface area contributed by atoms with Crippen LogP contribution in [0.25, 0.3) is 0 Å². The summed E-state index contributed by atoms with van der Waals surface area (Å²) in [6, 6.07) is 7.69. The zero-order valence-corrected chi connectivity index (χ0v) is 17.6. The molecule has 156 valence electrons. The Morgan fingerprint density at radius 2 is 1.79 bits per heavy atom. The summed E-state index contributed by atoms with van der Waals surface area (Å²) in [6.45, 7) is 6.31. The van der Waals surface area contributed by atoms with E-state index in [1.807, 2.05) is 37.9 Å². The number of anilines is 1. The van der Waals surface area contributed by atoms with Crippen molar-refractivity contribution in [2.75, 3.05) is 26.6 Å². The second-order valence-electron chi connectivity index (χ2n) is 6.98. The minimum Gasteiger partial charge on any atom is -0.496 e. The molecule has 0 fully saturated rings. The summed E-state index contributed by atoms with van der Waals surface area (Å²) in [4.78, 5) is 25.1. The summed E-state index contributed by atoms with van der Waals surface area (Å²) in [5, 5.41) is 13.8. The Morgan fingerprint density at radius 1 is 1.17 bits per heavy atom. The quantitative estimate of drug-likeness (QED) is 0.536. The number of methoxy groups -OCH3 is 2. The minimum absolute atomic E-state index is 0.119. The Labute approximate surface area is 170 Å². The van der Waals surface area contributed by atoms with E-state index in [1.54, 1.807) is 14.0 Å². The Bertz CT molecular complexity index is 890. The van der Waals surface area contributed by atoms with E-state index in [2.05, 4.69) is 5.32 Å². The number of nitro groups is 1. The van der Waals surface area contributed by atoms with Gasteiger partial charge in [0.05, 0.1) is 30.9 Å². The molecule has 29 heavy (non-hydrogen) atoms. The first-order chi connectivity index (χ1) is 13.7. The molecule has 8 nitrogen and oxygen atoms in total. The van der Waals surface area contributed by atoms with Crippen molar-refractivity contribution in [3.05, 3.63) is 57.1 Å². The van der Waals surface area contributed by atoms with Gasteiger partial charge in [-0.3, -0.25) is 19.8 Å². The van der Waals surface area contributed by atoms with Crippen LogP contribution in [0.1, 0.15) is 23.6 Å². The van der Waals surface area contributed by atoms with Crippen LogP contribution in [0, 0.1) is 24.0 Å². The van der Waals surface area contributed by atoms with Crippen LogP contribution in [0.3, 0.4) is 0 Å². The zero-order valence-electron chi connectivity index (χ0n) is 17.6. The van der Waals surface area contributed by atoms with Crippen molar-refractivity contribution in [3.8, 4) is 11.5 Å². The third-order valence-corrected chi connectivity index (χ3v) is 4.85. The van der Waals surface area contributed by atoms with Crippen LogP contribution in [0.15, 0.2) is 30.3 Å². The van der Waals surface area contributed by atoms with Gasteiger partial charge in [0.15, 0.2) is 0 Å². The summed E-state index contributed by atoms with van der Waals surface area (Å²) >= 11 is 0. The average molecular weight is 401 g/mol. The number of hydrogen-bond acceptors (Lipinski definition) is 6. The number of non-ortho nitro benzene ring substituents is 1. The molecule has 1 N–H and O–H groups in total. The SMILES string of the molecule is COc1ccc([N+](=O)[O-])cc1NC(=O)C(C)N(C)Cc1cc(C)c(OC)c(C)c1. The molecule has 1 atom stereocenters. The highest BCUT2D eigenvalue weighted by Gasteiger charge is 2.21. The molecule has 0 radical (unpaired) electrons. The lowest BCUT2D eigenvalue weighted by atomic mass is 10.0. The maximum atomic E-state index is 12.7. The zero-order chi connectivity index (χ0) is 21.7. The Balaban J connectivity index is 2.14. The first-order valence-electron chi connectivity index (χ1n) is 9.15. The molecule has 1 amide bonds. The number of amides is 1. The van der Waals surface area contributed by atoms with Gasteiger partial charge in [-0.25, -0.2) is 0 Å². The number of rotatable bonds is 8. The second-order valence-corrected chi connectivity index (χ2v) is 6.98. The molecule has 0 aliphatic heterocycles. The lowest BCUT2D eigenvalue weighted by Crippen LogP contribution is -2.39. The molecule has 2 aromatic carbocycles. The number of aryl methyl sites for hydroxylation is 2. The van der Waals surface area contributed by atoms with Gasteiger partial charge in [0.1, 0.15) is 11.5 Å². The van der Waals surface area contributed by atoms with E-state index >= 15 is 0 Å². The number of nitrogens with one attached hydrogen (secondary N) is 1. The van der Waals surface area contributed by atoms with Gasteiger partial charge in [-0.2, -0.15) is 0 Å². The molecule has 0 aliphatic carbocycles. The molecule has 0 saturated carbocycles. The first-order valence-corrected chi connectivity index (χ1v) is 9.15. The Morgan fingerprint density at radius 3 is 2.31 bits per heavy atom. The van der Waals surface area contributed by atoms with Gasteiger partial charge >= 0.3 is 0 Å². The minimum atomic E-state index is -0.515. The highest BCUT2D eigenvalue weighted by molar-refractivity contribution is 5.96. The number of hydrogen-bond donors (Lipinski definition) is 1. The van der Waals surface area contributed by atoms with Gasteiger partial charge in [-0.1, -0.05) is 12.1 Å². The van der Waals surface area contributed by atoms with Crippen LogP contribution in [-0.4, -0.2) is 43.0 Å². The summed E-state index contributed by atoms with van der Waals surface area (Å²) in [7, 11) is 4.94. The first kappa shape index (κ1) is 22.2.